The molecule has 0 radical (unpaired) electrons. The van der Waals surface area contributed by atoms with E-state index in [4.69, 9.17) is 10.8 Å². The van der Waals surface area contributed by atoms with E-state index in [9.17, 15) is 8.42 Å². The van der Waals surface area contributed by atoms with Crippen LogP contribution in [0.1, 0.15) is 5.56 Å². The van der Waals surface area contributed by atoms with Gasteiger partial charge in [-0.25, -0.2) is 8.42 Å². The van der Waals surface area contributed by atoms with Crippen molar-refractivity contribution < 1.29 is 13.5 Å². The standard InChI is InChI=1S/C9H11NO3S/c1-7-2-4-8(5-3-7)14(12,13)6-9(10)11/h2-6,11H,10H2,1H3/b9-6-. The quantitative estimate of drug-likeness (QED) is 0.720. The smallest absolute Gasteiger partial charge is 0.204 e. The van der Waals surface area contributed by atoms with Gasteiger partial charge < -0.3 is 10.8 Å². The van der Waals surface area contributed by atoms with E-state index in [1.165, 1.54) is 12.1 Å². The number of aliphatic hydroxyl groups is 1. The third-order valence-corrected chi connectivity index (χ3v) is 3.11. The van der Waals surface area contributed by atoms with Gasteiger partial charge in [-0.1, -0.05) is 17.7 Å². The van der Waals surface area contributed by atoms with Crippen LogP contribution < -0.4 is 5.73 Å². The number of aliphatic hydroxyl groups excluding tert-OH is 1. The van der Waals surface area contributed by atoms with Gasteiger partial charge in [-0.15, -0.1) is 0 Å². The van der Waals surface area contributed by atoms with Gasteiger partial charge >= 0.3 is 0 Å². The maximum Gasteiger partial charge on any atom is 0.204 e. The van der Waals surface area contributed by atoms with Crippen LogP contribution >= 0.6 is 0 Å². The summed E-state index contributed by atoms with van der Waals surface area (Å²) in [7, 11) is -3.61. The zero-order chi connectivity index (χ0) is 10.8. The Morgan fingerprint density at radius 1 is 1.36 bits per heavy atom. The Labute approximate surface area is 82.6 Å². The van der Waals surface area contributed by atoms with Gasteiger partial charge in [-0.3, -0.25) is 0 Å². The maximum absolute atomic E-state index is 11.4. The fraction of sp³-hybridized carbons (Fsp3) is 0.111. The molecule has 0 aliphatic heterocycles. The lowest BCUT2D eigenvalue weighted by atomic mass is 10.2. The van der Waals surface area contributed by atoms with Gasteiger partial charge in [0.2, 0.25) is 9.84 Å². The number of nitrogens with two attached hydrogens (primary N) is 1. The van der Waals surface area contributed by atoms with Crippen molar-refractivity contribution in [1.82, 2.24) is 0 Å². The molecule has 1 rings (SSSR count). The molecule has 0 unspecified atom stereocenters. The number of aryl methyl sites for hydroxylation is 1. The molecule has 0 saturated heterocycles. The second-order valence-electron chi connectivity index (χ2n) is 2.90. The summed E-state index contributed by atoms with van der Waals surface area (Å²) in [6.07, 6.45) is 0. The molecule has 14 heavy (non-hydrogen) atoms. The Kier molecular flexibility index (Phi) is 2.81. The first-order valence-electron chi connectivity index (χ1n) is 3.90. The predicted molar refractivity (Wildman–Crippen MR) is 53.3 cm³/mol. The maximum atomic E-state index is 11.4. The summed E-state index contributed by atoms with van der Waals surface area (Å²) in [6.45, 7) is 1.85. The van der Waals surface area contributed by atoms with Gasteiger partial charge in [0, 0.05) is 0 Å². The molecule has 0 aliphatic rings. The molecule has 0 aliphatic carbocycles. The highest BCUT2D eigenvalue weighted by Gasteiger charge is 2.11. The Morgan fingerprint density at radius 2 is 1.86 bits per heavy atom. The van der Waals surface area contributed by atoms with Gasteiger partial charge in [0.25, 0.3) is 0 Å². The number of hydrogen-bond acceptors (Lipinski definition) is 4. The minimum absolute atomic E-state index is 0.111. The normalized spacial score (nSPS) is 12.8. The highest BCUT2D eigenvalue weighted by Crippen LogP contribution is 2.13. The van der Waals surface area contributed by atoms with Crippen LogP contribution in [-0.2, 0) is 9.84 Å². The number of rotatable bonds is 2. The molecule has 76 valence electrons. The van der Waals surface area contributed by atoms with Crippen molar-refractivity contribution in [1.29, 1.82) is 0 Å². The molecule has 0 spiro atoms. The van der Waals surface area contributed by atoms with Crippen molar-refractivity contribution in [3.05, 3.63) is 41.1 Å². The zero-order valence-electron chi connectivity index (χ0n) is 7.64. The van der Waals surface area contributed by atoms with Crippen LogP contribution in [0.25, 0.3) is 0 Å². The molecule has 3 N–H and O–H groups in total. The first-order valence-corrected chi connectivity index (χ1v) is 5.44. The molecule has 0 aromatic heterocycles. The summed E-state index contributed by atoms with van der Waals surface area (Å²) >= 11 is 0. The molecular weight excluding hydrogens is 202 g/mol. The number of sulfone groups is 1. The van der Waals surface area contributed by atoms with E-state index in [1.807, 2.05) is 6.92 Å². The third kappa shape index (κ3) is 2.50. The molecule has 0 bridgehead atoms. The van der Waals surface area contributed by atoms with Crippen molar-refractivity contribution in [2.24, 2.45) is 5.73 Å². The fourth-order valence-electron chi connectivity index (χ4n) is 0.955. The van der Waals surface area contributed by atoms with E-state index in [-0.39, 0.29) is 4.90 Å². The Hall–Kier alpha value is -1.49. The largest absolute Gasteiger partial charge is 0.494 e. The van der Waals surface area contributed by atoms with Gasteiger partial charge in [0.05, 0.1) is 10.3 Å². The molecule has 0 saturated carbocycles. The average molecular weight is 213 g/mol. The molecule has 0 heterocycles. The monoisotopic (exact) mass is 213 g/mol. The van der Waals surface area contributed by atoms with Gasteiger partial charge in [0.15, 0.2) is 5.88 Å². The summed E-state index contributed by atoms with van der Waals surface area (Å²) in [5, 5.41) is 9.29. The summed E-state index contributed by atoms with van der Waals surface area (Å²) in [5.74, 6) is -0.717. The van der Waals surface area contributed by atoms with E-state index >= 15 is 0 Å². The lowest BCUT2D eigenvalue weighted by Crippen LogP contribution is -2.02. The fourth-order valence-corrected chi connectivity index (χ4v) is 1.92. The van der Waals surface area contributed by atoms with E-state index in [1.54, 1.807) is 12.1 Å². The minimum Gasteiger partial charge on any atom is -0.494 e. The van der Waals surface area contributed by atoms with Gasteiger partial charge in [-0.05, 0) is 19.1 Å². The second kappa shape index (κ2) is 3.71. The van der Waals surface area contributed by atoms with Crippen LogP contribution in [0.5, 0.6) is 0 Å². The molecule has 0 fully saturated rings. The number of benzene rings is 1. The van der Waals surface area contributed by atoms with Crippen molar-refractivity contribution in [2.75, 3.05) is 0 Å². The van der Waals surface area contributed by atoms with Gasteiger partial charge in [-0.2, -0.15) is 0 Å². The Bertz CT molecular complexity index is 441. The molecule has 1 aromatic rings. The lowest BCUT2D eigenvalue weighted by Gasteiger charge is -1.99. The van der Waals surface area contributed by atoms with Crippen LogP contribution in [0.3, 0.4) is 0 Å². The SMILES string of the molecule is Cc1ccc(S(=O)(=O)/C=C(/N)O)cc1. The summed E-state index contributed by atoms with van der Waals surface area (Å²) < 4.78 is 22.9. The molecule has 1 aromatic carbocycles. The van der Waals surface area contributed by atoms with E-state index in [0.29, 0.717) is 5.41 Å². The third-order valence-electron chi connectivity index (χ3n) is 1.63. The van der Waals surface area contributed by atoms with Crippen LogP contribution in [-0.4, -0.2) is 13.5 Å². The van der Waals surface area contributed by atoms with Crippen molar-refractivity contribution >= 4 is 9.84 Å². The molecule has 0 atom stereocenters. The average Bonchev–Trinajstić information content (AvgIpc) is 2.02. The van der Waals surface area contributed by atoms with Crippen molar-refractivity contribution in [2.45, 2.75) is 11.8 Å². The van der Waals surface area contributed by atoms with E-state index in [2.05, 4.69) is 0 Å². The van der Waals surface area contributed by atoms with Crippen molar-refractivity contribution in [3.8, 4) is 0 Å². The van der Waals surface area contributed by atoms with Crippen LogP contribution in [0, 0.1) is 6.92 Å². The van der Waals surface area contributed by atoms with Crippen LogP contribution in [0.4, 0.5) is 0 Å². The summed E-state index contributed by atoms with van der Waals surface area (Å²) in [5.41, 5.74) is 5.85. The minimum atomic E-state index is -3.61. The zero-order valence-corrected chi connectivity index (χ0v) is 8.45. The van der Waals surface area contributed by atoms with E-state index < -0.39 is 15.7 Å². The first kappa shape index (κ1) is 10.6. The molecular formula is C9H11NO3S. The molecule has 4 nitrogen and oxygen atoms in total. The highest BCUT2D eigenvalue weighted by atomic mass is 32.2. The van der Waals surface area contributed by atoms with Crippen LogP contribution in [0.2, 0.25) is 0 Å². The topological polar surface area (TPSA) is 80.4 Å². The van der Waals surface area contributed by atoms with E-state index in [0.717, 1.165) is 5.56 Å². The van der Waals surface area contributed by atoms with Crippen molar-refractivity contribution in [3.63, 3.8) is 0 Å². The summed E-state index contributed by atoms with van der Waals surface area (Å²) in [6, 6.07) is 6.27. The Morgan fingerprint density at radius 3 is 2.29 bits per heavy atom. The molecule has 0 amide bonds. The number of hydrogen-bond donors (Lipinski definition) is 2. The first-order chi connectivity index (χ1) is 6.42. The molecule has 5 heteroatoms. The highest BCUT2D eigenvalue weighted by molar-refractivity contribution is 7.94. The van der Waals surface area contributed by atoms with Crippen LogP contribution in [0.15, 0.2) is 40.5 Å². The van der Waals surface area contributed by atoms with Gasteiger partial charge in [0.1, 0.15) is 0 Å². The Balaban J connectivity index is 3.18. The summed E-state index contributed by atoms with van der Waals surface area (Å²) in [4.78, 5) is 0.111. The second-order valence-corrected chi connectivity index (χ2v) is 4.70. The predicted octanol–water partition coefficient (Wildman–Crippen LogP) is 1.08. The lowest BCUT2D eigenvalue weighted by molar-refractivity contribution is 0.406.